The van der Waals surface area contributed by atoms with Gasteiger partial charge in [0.05, 0.1) is 6.61 Å². The standard InChI is InChI=1S/C12H16O.C11H14FN/c1-3-4-10-5-6-11-9(2)8-13-12(11)7-10;12-11-3-1-9(2-4-11)10-5-7-13-8-6-10/h5-7,9H,3-4,8H2,1-2H3;1-4,10,13H,5-8H2/t9-;/m0./s1. The topological polar surface area (TPSA) is 21.3 Å². The van der Waals surface area contributed by atoms with Crippen molar-refractivity contribution in [1.82, 2.24) is 5.32 Å². The van der Waals surface area contributed by atoms with Crippen molar-refractivity contribution in [2.75, 3.05) is 19.7 Å². The second kappa shape index (κ2) is 9.18. The minimum Gasteiger partial charge on any atom is -0.493 e. The lowest BCUT2D eigenvalue weighted by atomic mass is 9.90. The molecule has 2 heterocycles. The molecule has 3 heteroatoms. The van der Waals surface area contributed by atoms with Gasteiger partial charge < -0.3 is 10.1 Å². The Labute approximate surface area is 156 Å². The number of hydrogen-bond acceptors (Lipinski definition) is 2. The highest BCUT2D eigenvalue weighted by Gasteiger charge is 2.19. The summed E-state index contributed by atoms with van der Waals surface area (Å²) in [5.74, 6) is 2.17. The molecule has 0 spiro atoms. The summed E-state index contributed by atoms with van der Waals surface area (Å²) in [6.07, 6.45) is 4.70. The lowest BCUT2D eigenvalue weighted by molar-refractivity contribution is 0.337. The molecule has 0 radical (unpaired) electrons. The van der Waals surface area contributed by atoms with E-state index in [1.807, 2.05) is 12.1 Å². The molecule has 1 saturated heterocycles. The maximum absolute atomic E-state index is 12.6. The molecule has 2 nitrogen and oxygen atoms in total. The first kappa shape index (κ1) is 18.9. The average Bonchev–Trinajstić information content (AvgIpc) is 3.04. The highest BCUT2D eigenvalue weighted by atomic mass is 19.1. The van der Waals surface area contributed by atoms with Gasteiger partial charge in [0.2, 0.25) is 0 Å². The van der Waals surface area contributed by atoms with E-state index in [1.165, 1.54) is 36.0 Å². The molecule has 0 aliphatic carbocycles. The zero-order valence-corrected chi connectivity index (χ0v) is 15.9. The Morgan fingerprint density at radius 2 is 1.81 bits per heavy atom. The number of ether oxygens (including phenoxy) is 1. The normalized spacial score (nSPS) is 19.3. The minimum absolute atomic E-state index is 0.141. The molecule has 2 aromatic rings. The molecule has 2 aromatic carbocycles. The lowest BCUT2D eigenvalue weighted by Gasteiger charge is -2.22. The highest BCUT2D eigenvalue weighted by Crippen LogP contribution is 2.34. The predicted molar refractivity (Wildman–Crippen MR) is 106 cm³/mol. The molecular formula is C23H30FNO. The molecule has 26 heavy (non-hydrogen) atoms. The number of piperidine rings is 1. The van der Waals surface area contributed by atoms with Crippen LogP contribution in [0.5, 0.6) is 5.75 Å². The van der Waals surface area contributed by atoms with Crippen molar-refractivity contribution in [3.63, 3.8) is 0 Å². The first-order chi connectivity index (χ1) is 12.7. The third kappa shape index (κ3) is 4.85. The summed E-state index contributed by atoms with van der Waals surface area (Å²) in [6.45, 7) is 7.44. The summed E-state index contributed by atoms with van der Waals surface area (Å²) < 4.78 is 18.2. The summed E-state index contributed by atoms with van der Waals surface area (Å²) in [7, 11) is 0. The van der Waals surface area contributed by atoms with Gasteiger partial charge in [0.15, 0.2) is 0 Å². The molecule has 2 aliphatic rings. The molecule has 1 fully saturated rings. The van der Waals surface area contributed by atoms with Crippen LogP contribution in [0.3, 0.4) is 0 Å². The first-order valence-corrected chi connectivity index (χ1v) is 9.89. The zero-order chi connectivity index (χ0) is 18.4. The number of halogens is 1. The molecule has 140 valence electrons. The fraction of sp³-hybridized carbons (Fsp3) is 0.478. The van der Waals surface area contributed by atoms with E-state index >= 15 is 0 Å². The largest absolute Gasteiger partial charge is 0.493 e. The van der Waals surface area contributed by atoms with Crippen LogP contribution in [-0.4, -0.2) is 19.7 Å². The van der Waals surface area contributed by atoms with Gasteiger partial charge in [-0.05, 0) is 67.6 Å². The molecule has 0 amide bonds. The quantitative estimate of drug-likeness (QED) is 0.793. The minimum atomic E-state index is -0.141. The van der Waals surface area contributed by atoms with Gasteiger partial charge >= 0.3 is 0 Å². The number of aryl methyl sites for hydroxylation is 1. The molecular weight excluding hydrogens is 325 g/mol. The maximum atomic E-state index is 12.6. The van der Waals surface area contributed by atoms with Gasteiger partial charge in [0, 0.05) is 11.5 Å². The second-order valence-corrected chi connectivity index (χ2v) is 7.41. The SMILES string of the molecule is CCCc1ccc2c(c1)OC[C@@H]2C.Fc1ccc(C2CCNCC2)cc1. The Morgan fingerprint density at radius 1 is 1.08 bits per heavy atom. The van der Waals surface area contributed by atoms with Gasteiger partial charge in [-0.15, -0.1) is 0 Å². The van der Waals surface area contributed by atoms with E-state index in [1.54, 1.807) is 12.1 Å². The molecule has 0 saturated carbocycles. The van der Waals surface area contributed by atoms with Crippen molar-refractivity contribution < 1.29 is 9.13 Å². The Bertz CT molecular complexity index is 692. The third-order valence-electron chi connectivity index (χ3n) is 5.32. The van der Waals surface area contributed by atoms with E-state index < -0.39 is 0 Å². The van der Waals surface area contributed by atoms with Gasteiger partial charge in [-0.25, -0.2) is 4.39 Å². The van der Waals surface area contributed by atoms with Crippen LogP contribution >= 0.6 is 0 Å². The van der Waals surface area contributed by atoms with E-state index in [0.717, 1.165) is 31.9 Å². The Balaban J connectivity index is 0.000000151. The summed E-state index contributed by atoms with van der Waals surface area (Å²) in [4.78, 5) is 0. The maximum Gasteiger partial charge on any atom is 0.123 e. The van der Waals surface area contributed by atoms with Crippen molar-refractivity contribution in [3.05, 3.63) is 65.0 Å². The van der Waals surface area contributed by atoms with E-state index in [4.69, 9.17) is 4.74 Å². The van der Waals surface area contributed by atoms with Crippen LogP contribution in [0.2, 0.25) is 0 Å². The highest BCUT2D eigenvalue weighted by molar-refractivity contribution is 5.42. The van der Waals surface area contributed by atoms with Gasteiger partial charge in [-0.1, -0.05) is 44.5 Å². The van der Waals surface area contributed by atoms with Crippen LogP contribution in [0, 0.1) is 5.82 Å². The van der Waals surface area contributed by atoms with Crippen LogP contribution in [0.15, 0.2) is 42.5 Å². The summed E-state index contributed by atoms with van der Waals surface area (Å²) in [6, 6.07) is 13.6. The van der Waals surface area contributed by atoms with Crippen molar-refractivity contribution >= 4 is 0 Å². The molecule has 0 unspecified atom stereocenters. The smallest absolute Gasteiger partial charge is 0.123 e. The first-order valence-electron chi connectivity index (χ1n) is 9.89. The molecule has 2 aliphatic heterocycles. The van der Waals surface area contributed by atoms with Crippen LogP contribution in [-0.2, 0) is 6.42 Å². The van der Waals surface area contributed by atoms with Gasteiger partial charge in [-0.2, -0.15) is 0 Å². The monoisotopic (exact) mass is 355 g/mol. The van der Waals surface area contributed by atoms with E-state index in [-0.39, 0.29) is 5.82 Å². The van der Waals surface area contributed by atoms with Gasteiger partial charge in [-0.3, -0.25) is 0 Å². The second-order valence-electron chi connectivity index (χ2n) is 7.41. The number of hydrogen-bond donors (Lipinski definition) is 1. The van der Waals surface area contributed by atoms with Crippen molar-refractivity contribution in [2.45, 2.75) is 51.4 Å². The summed E-state index contributed by atoms with van der Waals surface area (Å²) in [5, 5.41) is 3.32. The van der Waals surface area contributed by atoms with Gasteiger partial charge in [0.25, 0.3) is 0 Å². The van der Waals surface area contributed by atoms with E-state index in [0.29, 0.717) is 11.8 Å². The average molecular weight is 355 g/mol. The molecule has 0 aromatic heterocycles. The fourth-order valence-corrected chi connectivity index (χ4v) is 3.75. The third-order valence-corrected chi connectivity index (χ3v) is 5.32. The Morgan fingerprint density at radius 3 is 2.50 bits per heavy atom. The molecule has 4 rings (SSSR count). The Kier molecular flexibility index (Phi) is 6.67. The van der Waals surface area contributed by atoms with Gasteiger partial charge in [0.1, 0.15) is 11.6 Å². The van der Waals surface area contributed by atoms with Crippen LogP contribution < -0.4 is 10.1 Å². The summed E-state index contributed by atoms with van der Waals surface area (Å²) in [5.41, 5.74) is 4.05. The molecule has 1 N–H and O–H groups in total. The number of benzene rings is 2. The van der Waals surface area contributed by atoms with Crippen LogP contribution in [0.25, 0.3) is 0 Å². The van der Waals surface area contributed by atoms with Crippen molar-refractivity contribution in [1.29, 1.82) is 0 Å². The number of fused-ring (bicyclic) bond motifs is 1. The lowest BCUT2D eigenvalue weighted by Crippen LogP contribution is -2.26. The van der Waals surface area contributed by atoms with Crippen molar-refractivity contribution in [3.8, 4) is 5.75 Å². The zero-order valence-electron chi connectivity index (χ0n) is 15.9. The van der Waals surface area contributed by atoms with Crippen LogP contribution in [0.1, 0.15) is 61.6 Å². The van der Waals surface area contributed by atoms with Crippen molar-refractivity contribution in [2.24, 2.45) is 0 Å². The predicted octanol–water partition coefficient (Wildman–Crippen LogP) is 5.43. The number of nitrogens with one attached hydrogen (secondary N) is 1. The van der Waals surface area contributed by atoms with E-state index in [9.17, 15) is 4.39 Å². The number of rotatable bonds is 3. The Hall–Kier alpha value is -1.87. The summed E-state index contributed by atoms with van der Waals surface area (Å²) >= 11 is 0. The van der Waals surface area contributed by atoms with Crippen LogP contribution in [0.4, 0.5) is 4.39 Å². The molecule has 1 atom stereocenters. The fourth-order valence-electron chi connectivity index (χ4n) is 3.75. The van der Waals surface area contributed by atoms with E-state index in [2.05, 4.69) is 37.4 Å². The molecule has 0 bridgehead atoms.